The monoisotopic (exact) mass is 343 g/mol. The van der Waals surface area contributed by atoms with E-state index in [0.717, 1.165) is 0 Å². The van der Waals surface area contributed by atoms with Gasteiger partial charge in [-0.05, 0) is 46.3 Å². The molecule has 1 aromatic heterocycles. The van der Waals surface area contributed by atoms with Gasteiger partial charge in [-0.15, -0.1) is 0 Å². The molecule has 1 aromatic carbocycles. The molecule has 98 valence electrons. The number of carbonyl (C=O) groups excluding carboxylic acids is 1. The van der Waals surface area contributed by atoms with Gasteiger partial charge in [-0.1, -0.05) is 11.6 Å². The van der Waals surface area contributed by atoms with Gasteiger partial charge in [0.2, 0.25) is 0 Å². The number of furan rings is 1. The van der Waals surface area contributed by atoms with Crippen molar-refractivity contribution >= 4 is 45.1 Å². The van der Waals surface area contributed by atoms with Crippen molar-refractivity contribution in [1.82, 2.24) is 0 Å². The number of anilines is 1. The predicted octanol–water partition coefficient (Wildman–Crippen LogP) is 3.65. The van der Waals surface area contributed by atoms with Crippen LogP contribution in [0.25, 0.3) is 0 Å². The fraction of sp³-hybridized carbons (Fsp3) is 0. The summed E-state index contributed by atoms with van der Waals surface area (Å²) >= 11 is 8.79. The largest absolute Gasteiger partial charge is 0.478 e. The molecule has 0 saturated carbocycles. The number of aromatic carboxylic acids is 1. The summed E-state index contributed by atoms with van der Waals surface area (Å²) in [5, 5.41) is 11.8. The highest BCUT2D eigenvalue weighted by molar-refractivity contribution is 9.10. The van der Waals surface area contributed by atoms with E-state index in [0.29, 0.717) is 4.67 Å². The van der Waals surface area contributed by atoms with Gasteiger partial charge in [0.25, 0.3) is 5.91 Å². The van der Waals surface area contributed by atoms with Crippen LogP contribution in [-0.4, -0.2) is 17.0 Å². The topological polar surface area (TPSA) is 79.5 Å². The van der Waals surface area contributed by atoms with E-state index in [1.54, 1.807) is 6.07 Å². The standard InChI is InChI=1S/C12H7BrClNO4/c13-10-4-3-9(19-10)11(16)15-8-2-1-6(14)5-7(8)12(17)18/h1-5H,(H,15,16)(H,17,18). The Hall–Kier alpha value is -1.79. The second-order valence-corrected chi connectivity index (χ2v) is 4.77. The van der Waals surface area contributed by atoms with Crippen LogP contribution in [-0.2, 0) is 0 Å². The van der Waals surface area contributed by atoms with Gasteiger partial charge in [-0.25, -0.2) is 4.79 Å². The average molecular weight is 345 g/mol. The van der Waals surface area contributed by atoms with Gasteiger partial charge in [0.1, 0.15) is 0 Å². The lowest BCUT2D eigenvalue weighted by atomic mass is 10.1. The van der Waals surface area contributed by atoms with Gasteiger partial charge in [-0.3, -0.25) is 4.79 Å². The number of carbonyl (C=O) groups is 2. The third kappa shape index (κ3) is 3.15. The van der Waals surface area contributed by atoms with Gasteiger partial charge in [0, 0.05) is 5.02 Å². The second kappa shape index (κ2) is 5.46. The molecule has 5 nitrogen and oxygen atoms in total. The molecule has 1 heterocycles. The van der Waals surface area contributed by atoms with Crippen molar-refractivity contribution < 1.29 is 19.1 Å². The Labute approximate surface area is 121 Å². The number of rotatable bonds is 3. The van der Waals surface area contributed by atoms with Crippen LogP contribution in [0.15, 0.2) is 39.4 Å². The fourth-order valence-corrected chi connectivity index (χ4v) is 1.90. The lowest BCUT2D eigenvalue weighted by Gasteiger charge is -2.07. The van der Waals surface area contributed by atoms with Crippen molar-refractivity contribution in [2.45, 2.75) is 0 Å². The number of hydrogen-bond acceptors (Lipinski definition) is 3. The van der Waals surface area contributed by atoms with Crippen molar-refractivity contribution in [3.63, 3.8) is 0 Å². The van der Waals surface area contributed by atoms with Crippen molar-refractivity contribution in [3.8, 4) is 0 Å². The molecule has 2 rings (SSSR count). The summed E-state index contributed by atoms with van der Waals surface area (Å²) in [7, 11) is 0. The molecular weight excluding hydrogens is 337 g/mol. The van der Waals surface area contributed by atoms with Gasteiger partial charge in [0.05, 0.1) is 11.3 Å². The van der Waals surface area contributed by atoms with Crippen LogP contribution in [0.3, 0.4) is 0 Å². The molecular formula is C12H7BrClNO4. The van der Waals surface area contributed by atoms with E-state index in [4.69, 9.17) is 21.1 Å². The number of hydrogen-bond donors (Lipinski definition) is 2. The van der Waals surface area contributed by atoms with E-state index in [2.05, 4.69) is 21.2 Å². The van der Waals surface area contributed by atoms with E-state index in [9.17, 15) is 9.59 Å². The lowest BCUT2D eigenvalue weighted by Crippen LogP contribution is -2.14. The zero-order chi connectivity index (χ0) is 14.0. The SMILES string of the molecule is O=C(Nc1ccc(Cl)cc1C(=O)O)c1ccc(Br)o1. The average Bonchev–Trinajstić information content (AvgIpc) is 2.78. The van der Waals surface area contributed by atoms with E-state index in [1.165, 1.54) is 24.3 Å². The number of benzene rings is 1. The minimum absolute atomic E-state index is 0.0677. The molecule has 0 atom stereocenters. The van der Waals surface area contributed by atoms with Gasteiger partial charge < -0.3 is 14.8 Å². The van der Waals surface area contributed by atoms with Gasteiger partial charge >= 0.3 is 5.97 Å². The summed E-state index contributed by atoms with van der Waals surface area (Å²) in [6.45, 7) is 0. The van der Waals surface area contributed by atoms with Crippen molar-refractivity contribution in [2.75, 3.05) is 5.32 Å². The maximum atomic E-state index is 11.8. The summed E-state index contributed by atoms with van der Waals surface area (Å²) in [6.07, 6.45) is 0. The molecule has 19 heavy (non-hydrogen) atoms. The van der Waals surface area contributed by atoms with Crippen molar-refractivity contribution in [2.24, 2.45) is 0 Å². The first kappa shape index (κ1) is 13.6. The summed E-state index contributed by atoms with van der Waals surface area (Å²) in [5.74, 6) is -1.66. The number of halogens is 2. The van der Waals surface area contributed by atoms with E-state index < -0.39 is 11.9 Å². The van der Waals surface area contributed by atoms with Crippen LogP contribution in [0.4, 0.5) is 5.69 Å². The maximum absolute atomic E-state index is 11.8. The summed E-state index contributed by atoms with van der Waals surface area (Å²) < 4.78 is 5.48. The third-order valence-electron chi connectivity index (χ3n) is 2.26. The smallest absolute Gasteiger partial charge is 0.337 e. The molecule has 1 amide bonds. The number of carboxylic acids is 1. The first-order valence-corrected chi connectivity index (χ1v) is 6.24. The minimum atomic E-state index is -1.18. The van der Waals surface area contributed by atoms with Crippen LogP contribution in [0, 0.1) is 0 Å². The molecule has 2 N–H and O–H groups in total. The summed E-state index contributed by atoms with van der Waals surface area (Å²) in [6, 6.07) is 7.20. The Kier molecular flexibility index (Phi) is 3.92. The Balaban J connectivity index is 2.28. The van der Waals surface area contributed by atoms with E-state index >= 15 is 0 Å². The van der Waals surface area contributed by atoms with E-state index in [-0.39, 0.29) is 22.0 Å². The zero-order valence-electron chi connectivity index (χ0n) is 9.31. The van der Waals surface area contributed by atoms with Crippen molar-refractivity contribution in [1.29, 1.82) is 0 Å². The van der Waals surface area contributed by atoms with Gasteiger partial charge in [0.15, 0.2) is 10.4 Å². The summed E-state index contributed by atoms with van der Waals surface area (Å²) in [5.41, 5.74) is 0.0564. The number of amides is 1. The molecule has 0 fully saturated rings. The highest BCUT2D eigenvalue weighted by Crippen LogP contribution is 2.22. The number of nitrogens with one attached hydrogen (secondary N) is 1. The molecule has 0 spiro atoms. The van der Waals surface area contributed by atoms with Crippen LogP contribution in [0.2, 0.25) is 5.02 Å². The predicted molar refractivity (Wildman–Crippen MR) is 72.8 cm³/mol. The molecule has 0 radical (unpaired) electrons. The fourth-order valence-electron chi connectivity index (χ4n) is 1.42. The highest BCUT2D eigenvalue weighted by atomic mass is 79.9. The van der Waals surface area contributed by atoms with Crippen LogP contribution >= 0.6 is 27.5 Å². The van der Waals surface area contributed by atoms with E-state index in [1.807, 2.05) is 0 Å². The molecule has 0 aliphatic heterocycles. The van der Waals surface area contributed by atoms with Crippen LogP contribution in [0.5, 0.6) is 0 Å². The molecule has 0 saturated heterocycles. The quantitative estimate of drug-likeness (QED) is 0.891. The molecule has 0 bridgehead atoms. The molecule has 7 heteroatoms. The van der Waals surface area contributed by atoms with Crippen LogP contribution in [0.1, 0.15) is 20.9 Å². The lowest BCUT2D eigenvalue weighted by molar-refractivity contribution is 0.0698. The Morgan fingerprint density at radius 2 is 2.00 bits per heavy atom. The Morgan fingerprint density at radius 3 is 2.58 bits per heavy atom. The third-order valence-corrected chi connectivity index (χ3v) is 2.92. The zero-order valence-corrected chi connectivity index (χ0v) is 11.7. The Bertz CT molecular complexity index is 653. The minimum Gasteiger partial charge on any atom is -0.478 e. The highest BCUT2D eigenvalue weighted by Gasteiger charge is 2.16. The van der Waals surface area contributed by atoms with Gasteiger partial charge in [-0.2, -0.15) is 0 Å². The normalized spacial score (nSPS) is 10.2. The molecule has 0 aliphatic carbocycles. The summed E-state index contributed by atoms with van der Waals surface area (Å²) in [4.78, 5) is 22.9. The van der Waals surface area contributed by atoms with Crippen LogP contribution < -0.4 is 5.32 Å². The first-order valence-electron chi connectivity index (χ1n) is 5.07. The molecule has 0 unspecified atom stereocenters. The first-order chi connectivity index (χ1) is 8.97. The maximum Gasteiger partial charge on any atom is 0.337 e. The molecule has 0 aliphatic rings. The Morgan fingerprint density at radius 1 is 1.26 bits per heavy atom. The van der Waals surface area contributed by atoms with Crippen molar-refractivity contribution in [3.05, 3.63) is 51.3 Å². The molecule has 2 aromatic rings. The second-order valence-electron chi connectivity index (χ2n) is 3.55. The number of carboxylic acid groups (broad SMARTS) is 1.